The summed E-state index contributed by atoms with van der Waals surface area (Å²) in [7, 11) is 0. The molecule has 2 rings (SSSR count). The Morgan fingerprint density at radius 2 is 2.06 bits per heavy atom. The summed E-state index contributed by atoms with van der Waals surface area (Å²) < 4.78 is 7.68. The van der Waals surface area contributed by atoms with Gasteiger partial charge >= 0.3 is 0 Å². The summed E-state index contributed by atoms with van der Waals surface area (Å²) >= 11 is 8.47. The minimum Gasteiger partial charge on any atom is -0.486 e. The van der Waals surface area contributed by atoms with E-state index in [-0.39, 0.29) is 0 Å². The molecule has 84 valence electrons. The number of thiophene rings is 1. The Bertz CT molecular complexity index is 498. The number of rotatable bonds is 3. The van der Waals surface area contributed by atoms with Crippen molar-refractivity contribution in [1.82, 2.24) is 0 Å². The predicted octanol–water partition coefficient (Wildman–Crippen LogP) is 4.43. The number of nitrogen functional groups attached to an aromatic ring is 1. The van der Waals surface area contributed by atoms with E-state index in [1.807, 2.05) is 29.6 Å². The minimum atomic E-state index is 0.532. The lowest BCUT2D eigenvalue weighted by molar-refractivity contribution is 0.311. The van der Waals surface area contributed by atoms with E-state index in [0.29, 0.717) is 18.0 Å². The van der Waals surface area contributed by atoms with E-state index < -0.39 is 0 Å². The van der Waals surface area contributed by atoms with Crippen molar-refractivity contribution in [3.05, 3.63) is 43.5 Å². The van der Waals surface area contributed by atoms with Crippen LogP contribution in [-0.2, 0) is 6.61 Å². The van der Waals surface area contributed by atoms with Gasteiger partial charge < -0.3 is 10.5 Å². The molecule has 0 saturated heterocycles. The molecule has 1 heterocycles. The van der Waals surface area contributed by atoms with Crippen LogP contribution in [0.15, 0.2) is 38.6 Å². The van der Waals surface area contributed by atoms with Crippen LogP contribution in [0.5, 0.6) is 5.75 Å². The van der Waals surface area contributed by atoms with Gasteiger partial charge in [0.15, 0.2) is 0 Å². The first kappa shape index (κ1) is 12.0. The van der Waals surface area contributed by atoms with Crippen LogP contribution >= 0.6 is 43.2 Å². The lowest BCUT2D eigenvalue weighted by atomic mass is 10.3. The number of benzene rings is 1. The molecule has 16 heavy (non-hydrogen) atoms. The molecule has 0 saturated carbocycles. The second kappa shape index (κ2) is 5.21. The van der Waals surface area contributed by atoms with Crippen LogP contribution in [0.3, 0.4) is 0 Å². The molecule has 0 fully saturated rings. The normalized spacial score (nSPS) is 10.4. The van der Waals surface area contributed by atoms with Crippen LogP contribution in [-0.4, -0.2) is 0 Å². The Labute approximate surface area is 115 Å². The quantitative estimate of drug-likeness (QED) is 0.819. The Morgan fingerprint density at radius 3 is 2.69 bits per heavy atom. The lowest BCUT2D eigenvalue weighted by Gasteiger charge is -2.08. The molecule has 0 aliphatic rings. The van der Waals surface area contributed by atoms with E-state index in [0.717, 1.165) is 13.8 Å². The molecule has 2 nitrogen and oxygen atoms in total. The summed E-state index contributed by atoms with van der Waals surface area (Å²) in [5, 5.41) is 2.02. The fraction of sp³-hybridized carbons (Fsp3) is 0.0909. The van der Waals surface area contributed by atoms with E-state index in [1.165, 1.54) is 0 Å². The van der Waals surface area contributed by atoms with Crippen molar-refractivity contribution >= 4 is 48.9 Å². The second-order valence-electron chi connectivity index (χ2n) is 3.16. The first-order valence-corrected chi connectivity index (χ1v) is 7.03. The van der Waals surface area contributed by atoms with E-state index >= 15 is 0 Å². The number of anilines is 1. The van der Waals surface area contributed by atoms with Gasteiger partial charge in [-0.3, -0.25) is 0 Å². The van der Waals surface area contributed by atoms with Gasteiger partial charge in [0.1, 0.15) is 12.4 Å². The lowest BCUT2D eigenvalue weighted by Crippen LogP contribution is -1.97. The topological polar surface area (TPSA) is 35.2 Å². The van der Waals surface area contributed by atoms with Gasteiger partial charge in [0.05, 0.1) is 10.6 Å². The highest BCUT2D eigenvalue weighted by Crippen LogP contribution is 2.28. The van der Waals surface area contributed by atoms with Gasteiger partial charge in [0.2, 0.25) is 0 Å². The number of ether oxygens (including phenoxy) is 1. The molecule has 0 amide bonds. The molecule has 0 atom stereocenters. The van der Waals surface area contributed by atoms with Crippen LogP contribution in [0.4, 0.5) is 5.69 Å². The molecule has 0 aliphatic heterocycles. The highest BCUT2D eigenvalue weighted by molar-refractivity contribution is 9.10. The average molecular weight is 363 g/mol. The molecular weight excluding hydrogens is 354 g/mol. The molecule has 2 aromatic rings. The van der Waals surface area contributed by atoms with Crippen molar-refractivity contribution in [2.75, 3.05) is 5.73 Å². The fourth-order valence-electron chi connectivity index (χ4n) is 1.22. The standard InChI is InChI=1S/C11H9Br2NOS/c12-7-1-2-10(9(14)5-7)15-6-11-8(13)3-4-16-11/h1-5H,6,14H2. The van der Waals surface area contributed by atoms with Crippen LogP contribution in [0.25, 0.3) is 0 Å². The number of nitrogens with two attached hydrogens (primary N) is 1. The monoisotopic (exact) mass is 361 g/mol. The molecule has 0 spiro atoms. The zero-order valence-corrected chi connectivity index (χ0v) is 12.2. The molecule has 5 heteroatoms. The third kappa shape index (κ3) is 2.78. The van der Waals surface area contributed by atoms with Crippen LogP contribution in [0, 0.1) is 0 Å². The highest BCUT2D eigenvalue weighted by Gasteiger charge is 2.04. The molecule has 0 aliphatic carbocycles. The van der Waals surface area contributed by atoms with Gasteiger partial charge in [-0.25, -0.2) is 0 Å². The van der Waals surface area contributed by atoms with E-state index in [9.17, 15) is 0 Å². The predicted molar refractivity (Wildman–Crippen MR) is 74.9 cm³/mol. The smallest absolute Gasteiger partial charge is 0.142 e. The molecular formula is C11H9Br2NOS. The van der Waals surface area contributed by atoms with Gasteiger partial charge in [-0.15, -0.1) is 11.3 Å². The summed E-state index contributed by atoms with van der Waals surface area (Å²) in [6.07, 6.45) is 0. The van der Waals surface area contributed by atoms with Gasteiger partial charge in [-0.1, -0.05) is 15.9 Å². The summed E-state index contributed by atoms with van der Waals surface area (Å²) in [6.45, 7) is 0.532. The first-order chi connectivity index (χ1) is 7.66. The third-order valence-electron chi connectivity index (χ3n) is 2.02. The SMILES string of the molecule is Nc1cc(Br)ccc1OCc1sccc1Br. The van der Waals surface area contributed by atoms with Gasteiger partial charge in [0.25, 0.3) is 0 Å². The summed E-state index contributed by atoms with van der Waals surface area (Å²) in [5.74, 6) is 0.712. The summed E-state index contributed by atoms with van der Waals surface area (Å²) in [6, 6.07) is 7.61. The summed E-state index contributed by atoms with van der Waals surface area (Å²) in [5.41, 5.74) is 6.48. The van der Waals surface area contributed by atoms with Crippen molar-refractivity contribution in [2.24, 2.45) is 0 Å². The molecule has 1 aromatic heterocycles. The van der Waals surface area contributed by atoms with E-state index in [4.69, 9.17) is 10.5 Å². The Morgan fingerprint density at radius 1 is 1.25 bits per heavy atom. The zero-order valence-electron chi connectivity index (χ0n) is 8.24. The van der Waals surface area contributed by atoms with Crippen molar-refractivity contribution in [2.45, 2.75) is 6.61 Å². The molecule has 0 unspecified atom stereocenters. The van der Waals surface area contributed by atoms with Crippen LogP contribution in [0.2, 0.25) is 0 Å². The first-order valence-electron chi connectivity index (χ1n) is 4.56. The maximum absolute atomic E-state index is 5.84. The Hall–Kier alpha value is -0.520. The Kier molecular flexibility index (Phi) is 3.89. The fourth-order valence-corrected chi connectivity index (χ4v) is 2.98. The second-order valence-corrected chi connectivity index (χ2v) is 5.93. The number of halogens is 2. The minimum absolute atomic E-state index is 0.532. The maximum atomic E-state index is 5.84. The van der Waals surface area contributed by atoms with Crippen molar-refractivity contribution in [3.63, 3.8) is 0 Å². The molecule has 1 aromatic carbocycles. The highest BCUT2D eigenvalue weighted by atomic mass is 79.9. The molecule has 0 bridgehead atoms. The van der Waals surface area contributed by atoms with E-state index in [1.54, 1.807) is 11.3 Å². The van der Waals surface area contributed by atoms with Crippen molar-refractivity contribution < 1.29 is 4.74 Å². The van der Waals surface area contributed by atoms with Gasteiger partial charge in [-0.2, -0.15) is 0 Å². The van der Waals surface area contributed by atoms with Crippen LogP contribution in [0.1, 0.15) is 4.88 Å². The largest absolute Gasteiger partial charge is 0.486 e. The molecule has 2 N–H and O–H groups in total. The maximum Gasteiger partial charge on any atom is 0.142 e. The van der Waals surface area contributed by atoms with Crippen LogP contribution < -0.4 is 10.5 Å². The van der Waals surface area contributed by atoms with Crippen molar-refractivity contribution in [1.29, 1.82) is 0 Å². The average Bonchev–Trinajstić information content (AvgIpc) is 2.63. The van der Waals surface area contributed by atoms with Gasteiger partial charge in [-0.05, 0) is 45.6 Å². The number of hydrogen-bond donors (Lipinski definition) is 1. The van der Waals surface area contributed by atoms with Gasteiger partial charge in [0, 0.05) is 8.95 Å². The molecule has 0 radical (unpaired) electrons. The van der Waals surface area contributed by atoms with E-state index in [2.05, 4.69) is 31.9 Å². The summed E-state index contributed by atoms with van der Waals surface area (Å²) in [4.78, 5) is 1.15. The number of hydrogen-bond acceptors (Lipinski definition) is 3. The van der Waals surface area contributed by atoms with Crippen molar-refractivity contribution in [3.8, 4) is 5.75 Å². The zero-order chi connectivity index (χ0) is 11.5. The third-order valence-corrected chi connectivity index (χ3v) is 4.41. The Balaban J connectivity index is 2.08.